The number of rotatable bonds is 5. The van der Waals surface area contributed by atoms with Crippen molar-refractivity contribution in [2.75, 3.05) is 32.7 Å². The van der Waals surface area contributed by atoms with Crippen molar-refractivity contribution in [1.82, 2.24) is 14.7 Å². The number of piperazine rings is 1. The Morgan fingerprint density at radius 1 is 0.913 bits per heavy atom. The number of aliphatic hydroxyl groups is 2. The largest absolute Gasteiger partial charge is 0.393 e. The normalized spacial score (nSPS) is 42.0. The fourth-order valence-corrected chi connectivity index (χ4v) is 12.1. The van der Waals surface area contributed by atoms with Crippen molar-refractivity contribution in [3.63, 3.8) is 0 Å². The lowest BCUT2D eigenvalue weighted by Gasteiger charge is -2.63. The summed E-state index contributed by atoms with van der Waals surface area (Å²) in [7, 11) is 0. The van der Waals surface area contributed by atoms with Crippen LogP contribution in [0.1, 0.15) is 90.5 Å². The zero-order valence-electron chi connectivity index (χ0n) is 28.4. The van der Waals surface area contributed by atoms with Crippen molar-refractivity contribution in [3.05, 3.63) is 42.0 Å². The maximum absolute atomic E-state index is 13.7. The summed E-state index contributed by atoms with van der Waals surface area (Å²) in [6, 6.07) is 9.59. The van der Waals surface area contributed by atoms with Crippen LogP contribution in [0.2, 0.25) is 0 Å². The third kappa shape index (κ3) is 5.56. The topological polar surface area (TPSA) is 84.3 Å². The van der Waals surface area contributed by atoms with E-state index in [1.54, 1.807) is 11.0 Å². The van der Waals surface area contributed by atoms with E-state index in [4.69, 9.17) is 0 Å². The molecule has 4 aliphatic carbocycles. The van der Waals surface area contributed by atoms with Gasteiger partial charge < -0.3 is 20.0 Å². The number of fused-ring (bicyclic) bond motifs is 5. The summed E-state index contributed by atoms with van der Waals surface area (Å²) in [6.45, 7) is 10.6. The molecule has 252 valence electrons. The van der Waals surface area contributed by atoms with Crippen LogP contribution in [-0.4, -0.2) is 93.7 Å². The van der Waals surface area contributed by atoms with Gasteiger partial charge in [0.25, 0.3) is 0 Å². The molecule has 0 radical (unpaired) electrons. The highest BCUT2D eigenvalue weighted by Crippen LogP contribution is 2.68. The molecule has 7 heteroatoms. The molecule has 0 aromatic heterocycles. The van der Waals surface area contributed by atoms with Crippen LogP contribution in [0.25, 0.3) is 6.08 Å². The van der Waals surface area contributed by atoms with Gasteiger partial charge >= 0.3 is 0 Å². The third-order valence-electron chi connectivity index (χ3n) is 14.5. The average Bonchev–Trinajstić information content (AvgIpc) is 3.69. The fraction of sp³-hybridized carbons (Fsp3) is 0.744. The Kier molecular flexibility index (Phi) is 8.90. The van der Waals surface area contributed by atoms with Gasteiger partial charge in [0, 0.05) is 44.8 Å². The molecule has 2 heterocycles. The average molecular weight is 632 g/mol. The summed E-state index contributed by atoms with van der Waals surface area (Å²) in [6.07, 6.45) is 13.9. The molecule has 4 saturated carbocycles. The van der Waals surface area contributed by atoms with Crippen molar-refractivity contribution in [2.45, 2.75) is 109 Å². The van der Waals surface area contributed by atoms with Crippen LogP contribution in [0, 0.1) is 40.4 Å². The summed E-state index contributed by atoms with van der Waals surface area (Å²) in [5, 5.41) is 22.2. The Morgan fingerprint density at radius 2 is 1.65 bits per heavy atom. The first-order valence-electron chi connectivity index (χ1n) is 18.5. The quantitative estimate of drug-likeness (QED) is 0.436. The third-order valence-corrected chi connectivity index (χ3v) is 14.5. The number of benzene rings is 1. The van der Waals surface area contributed by atoms with Crippen molar-refractivity contribution in [3.8, 4) is 0 Å². The number of carbonyl (C=O) groups is 2. The molecule has 0 spiro atoms. The van der Waals surface area contributed by atoms with E-state index in [0.717, 1.165) is 56.2 Å². The lowest BCUT2D eigenvalue weighted by Crippen LogP contribution is -2.62. The lowest BCUT2D eigenvalue weighted by molar-refractivity contribution is -0.157. The Hall–Kier alpha value is -2.22. The Bertz CT molecular complexity index is 1290. The fourth-order valence-electron chi connectivity index (χ4n) is 12.1. The van der Waals surface area contributed by atoms with E-state index in [0.29, 0.717) is 37.4 Å². The van der Waals surface area contributed by atoms with E-state index in [9.17, 15) is 19.8 Å². The summed E-state index contributed by atoms with van der Waals surface area (Å²) < 4.78 is 0. The number of nitrogens with zero attached hydrogens (tertiary/aromatic N) is 3. The predicted molar refractivity (Wildman–Crippen MR) is 180 cm³/mol. The smallest absolute Gasteiger partial charge is 0.247 e. The highest BCUT2D eigenvalue weighted by atomic mass is 16.3. The molecule has 1 aromatic rings. The Labute approximate surface area is 276 Å². The predicted octanol–water partition coefficient (Wildman–Crippen LogP) is 5.21. The van der Waals surface area contributed by atoms with Crippen LogP contribution in [0.4, 0.5) is 0 Å². The molecular weight excluding hydrogens is 574 g/mol. The second kappa shape index (κ2) is 12.7. The zero-order valence-corrected chi connectivity index (χ0v) is 28.4. The van der Waals surface area contributed by atoms with Crippen LogP contribution in [0.15, 0.2) is 36.4 Å². The number of hydrogen-bond donors (Lipinski definition) is 2. The Morgan fingerprint density at radius 3 is 2.39 bits per heavy atom. The maximum atomic E-state index is 13.7. The van der Waals surface area contributed by atoms with Crippen molar-refractivity contribution in [2.24, 2.45) is 40.4 Å². The van der Waals surface area contributed by atoms with Gasteiger partial charge in [-0.05, 0) is 123 Å². The summed E-state index contributed by atoms with van der Waals surface area (Å²) in [5.41, 5.74) is 1.49. The van der Waals surface area contributed by atoms with E-state index in [-0.39, 0.29) is 46.9 Å². The molecular formula is C39H57N3O4. The van der Waals surface area contributed by atoms with Crippen molar-refractivity contribution in [1.29, 1.82) is 0 Å². The second-order valence-electron chi connectivity index (χ2n) is 16.5. The van der Waals surface area contributed by atoms with Crippen LogP contribution in [0.5, 0.6) is 0 Å². The highest BCUT2D eigenvalue weighted by molar-refractivity contribution is 5.96. The minimum Gasteiger partial charge on any atom is -0.393 e. The number of aliphatic hydroxyl groups excluding tert-OH is 2. The SMILES string of the molecule is C[C@@H](O)[C@H]1CC[C@H]2[C@@H]3CC[C@H]4C[C@H](O)[C@@H](N5CCN(C(=O)[C@H]6CCCN6C(=O)/C=C/c6ccccc6)CC5)C[C@]4(C)[C@H]3CC[C@]12C. The molecule has 0 unspecified atom stereocenters. The maximum Gasteiger partial charge on any atom is 0.247 e. The zero-order chi connectivity index (χ0) is 32.2. The number of hydrogen-bond acceptors (Lipinski definition) is 5. The van der Waals surface area contributed by atoms with Crippen LogP contribution >= 0.6 is 0 Å². The van der Waals surface area contributed by atoms with Crippen molar-refractivity contribution < 1.29 is 19.8 Å². The Balaban J connectivity index is 0.981. The number of likely N-dealkylation sites (tertiary alicyclic amines) is 1. The molecule has 11 atom stereocenters. The summed E-state index contributed by atoms with van der Waals surface area (Å²) in [4.78, 5) is 33.1. The lowest BCUT2D eigenvalue weighted by atomic mass is 9.44. The van der Waals surface area contributed by atoms with Gasteiger partial charge in [0.05, 0.1) is 12.2 Å². The standard InChI is InChI=1S/C39H57N3O4/c1-26(43)30-14-15-31-29-13-12-28-24-35(44)34(25-39(28,3)32(29)17-18-38(30,31)2)40-20-22-41(23-21-40)37(46)33-10-7-19-42(33)36(45)16-11-27-8-5-4-6-9-27/h4-6,8-9,11,16,26,28-35,43-44H,7,10,12-15,17-25H2,1-3H3/b16-11+/t26-,28+,29+,30-,31+,32+,33-,34+,35+,38-,39+/m1/s1. The molecule has 7 rings (SSSR count). The minimum atomic E-state index is -0.375. The number of carbonyl (C=O) groups excluding carboxylic acids is 2. The first-order chi connectivity index (χ1) is 22.1. The molecule has 6 aliphatic rings. The molecule has 7 nitrogen and oxygen atoms in total. The van der Waals surface area contributed by atoms with Gasteiger partial charge in [-0.25, -0.2) is 0 Å². The van der Waals surface area contributed by atoms with E-state index in [2.05, 4.69) is 18.7 Å². The molecule has 0 bridgehead atoms. The first-order valence-corrected chi connectivity index (χ1v) is 18.5. The molecule has 6 fully saturated rings. The van der Waals surface area contributed by atoms with Gasteiger partial charge in [0.15, 0.2) is 0 Å². The summed E-state index contributed by atoms with van der Waals surface area (Å²) in [5.74, 6) is 3.19. The van der Waals surface area contributed by atoms with Gasteiger partial charge in [0.1, 0.15) is 6.04 Å². The van der Waals surface area contributed by atoms with Crippen molar-refractivity contribution >= 4 is 17.9 Å². The molecule has 2 amide bonds. The molecule has 1 aromatic carbocycles. The van der Waals surface area contributed by atoms with Gasteiger partial charge in [-0.1, -0.05) is 44.2 Å². The van der Waals surface area contributed by atoms with Gasteiger partial charge in [-0.3, -0.25) is 14.5 Å². The molecule has 2 saturated heterocycles. The number of amides is 2. The molecule has 2 aliphatic heterocycles. The van der Waals surface area contributed by atoms with Gasteiger partial charge in [-0.2, -0.15) is 0 Å². The minimum absolute atomic E-state index is 0.0840. The van der Waals surface area contributed by atoms with E-state index in [1.807, 2.05) is 48.2 Å². The van der Waals surface area contributed by atoms with E-state index >= 15 is 0 Å². The first kappa shape index (κ1) is 32.3. The van der Waals surface area contributed by atoms with Crippen LogP contribution < -0.4 is 0 Å². The molecule has 46 heavy (non-hydrogen) atoms. The second-order valence-corrected chi connectivity index (χ2v) is 16.5. The molecule has 2 N–H and O–H groups in total. The highest BCUT2D eigenvalue weighted by Gasteiger charge is 2.62. The van der Waals surface area contributed by atoms with E-state index < -0.39 is 0 Å². The van der Waals surface area contributed by atoms with E-state index in [1.165, 1.54) is 38.5 Å². The summed E-state index contributed by atoms with van der Waals surface area (Å²) >= 11 is 0. The van der Waals surface area contributed by atoms with Crippen LogP contribution in [-0.2, 0) is 9.59 Å². The van der Waals surface area contributed by atoms with Gasteiger partial charge in [0.2, 0.25) is 11.8 Å². The van der Waals surface area contributed by atoms with Crippen LogP contribution in [0.3, 0.4) is 0 Å². The monoisotopic (exact) mass is 631 g/mol. The van der Waals surface area contributed by atoms with Gasteiger partial charge in [-0.15, -0.1) is 0 Å².